The summed E-state index contributed by atoms with van der Waals surface area (Å²) in [6.07, 6.45) is 7.96. The molecule has 13 nitrogen and oxygen atoms in total. The first-order valence-electron chi connectivity index (χ1n) is 17.0. The topological polar surface area (TPSA) is 141 Å². The number of carbonyl (C=O) groups is 1. The van der Waals surface area contributed by atoms with E-state index >= 15 is 0 Å². The van der Waals surface area contributed by atoms with Crippen LogP contribution >= 0.6 is 0 Å². The van der Waals surface area contributed by atoms with Gasteiger partial charge in [-0.1, -0.05) is 79.7 Å². The van der Waals surface area contributed by atoms with Crippen LogP contribution in [0, 0.1) is 0 Å². The number of carbonyl (C=O) groups excluding carboxylic acids is 1. The zero-order valence-electron chi connectivity index (χ0n) is 28.4. The number of aromatic nitrogens is 8. The van der Waals surface area contributed by atoms with Gasteiger partial charge in [0.25, 0.3) is 0 Å². The molecule has 4 heterocycles. The molecule has 3 atom stereocenters. The third kappa shape index (κ3) is 7.25. The van der Waals surface area contributed by atoms with Crippen LogP contribution in [0.3, 0.4) is 0 Å². The molecule has 1 unspecified atom stereocenters. The van der Waals surface area contributed by atoms with Crippen LogP contribution in [0.5, 0.6) is 0 Å². The number of tetrazole rings is 1. The summed E-state index contributed by atoms with van der Waals surface area (Å²) in [5.74, 6) is 2.08. The van der Waals surface area contributed by atoms with Crippen molar-refractivity contribution in [1.29, 1.82) is 0 Å². The first-order chi connectivity index (χ1) is 23.7. The highest BCUT2D eigenvalue weighted by Gasteiger charge is 2.31. The highest BCUT2D eigenvalue weighted by Crippen LogP contribution is 2.35. The van der Waals surface area contributed by atoms with Crippen molar-refractivity contribution in [2.24, 2.45) is 0 Å². The molecule has 2 N–H and O–H groups in total. The maximum Gasteiger partial charge on any atom is 0.407 e. The van der Waals surface area contributed by atoms with Gasteiger partial charge in [-0.2, -0.15) is 14.8 Å². The number of nitrogens with zero attached hydrogens (tertiary/aromatic N) is 9. The molecule has 1 saturated heterocycles. The van der Waals surface area contributed by atoms with E-state index in [2.05, 4.69) is 96.2 Å². The van der Waals surface area contributed by atoms with Gasteiger partial charge < -0.3 is 24.8 Å². The van der Waals surface area contributed by atoms with E-state index in [1.165, 1.54) is 11.1 Å². The number of benzene rings is 2. The molecule has 1 fully saturated rings. The molecule has 0 saturated carbocycles. The summed E-state index contributed by atoms with van der Waals surface area (Å²) in [7, 11) is 0. The van der Waals surface area contributed by atoms with Gasteiger partial charge >= 0.3 is 6.09 Å². The Kier molecular flexibility index (Phi) is 8.98. The number of rotatable bonds is 10. The maximum absolute atomic E-state index is 12.5. The van der Waals surface area contributed by atoms with E-state index in [1.807, 2.05) is 46.2 Å². The van der Waals surface area contributed by atoms with Crippen LogP contribution in [-0.2, 0) is 11.2 Å². The van der Waals surface area contributed by atoms with E-state index in [1.54, 1.807) is 4.80 Å². The van der Waals surface area contributed by atoms with Crippen LogP contribution < -0.4 is 15.5 Å². The predicted octanol–water partition coefficient (Wildman–Crippen LogP) is 5.46. The number of nitrogens with one attached hydrogen (secondary N) is 2. The molecule has 254 valence electrons. The number of fused-ring (bicyclic) bond motifs is 1. The van der Waals surface area contributed by atoms with Gasteiger partial charge in [0.2, 0.25) is 5.95 Å². The van der Waals surface area contributed by atoms with E-state index in [-0.39, 0.29) is 24.0 Å². The smallest absolute Gasteiger partial charge is 0.407 e. The number of hydrogen-bond acceptors (Lipinski definition) is 10. The third-order valence-electron chi connectivity index (χ3n) is 8.96. The molecule has 2 aliphatic rings. The number of imidazole rings is 1. The Morgan fingerprint density at radius 2 is 1.71 bits per heavy atom. The lowest BCUT2D eigenvalue weighted by atomic mass is 9.91. The van der Waals surface area contributed by atoms with Crippen LogP contribution in [0.1, 0.15) is 75.5 Å². The summed E-state index contributed by atoms with van der Waals surface area (Å²) in [4.78, 5) is 31.4. The fourth-order valence-corrected chi connectivity index (χ4v) is 6.52. The van der Waals surface area contributed by atoms with Gasteiger partial charge in [0.15, 0.2) is 22.8 Å². The normalized spacial score (nSPS) is 19.2. The monoisotopic (exact) mass is 661 g/mol. The third-order valence-corrected chi connectivity index (χ3v) is 8.96. The molecule has 2 aromatic carbocycles. The Morgan fingerprint density at radius 1 is 1.00 bits per heavy atom. The SMILES string of the molecule is CCc1nnn([C@@H]2C=C[C@H](n3cnc4c(NCC(c5ccccc5)c5ccccc5)nc(N5CCC(NC(=O)OC(C)(C)C)C5)nc43)C2)n1. The number of alkyl carbamates (subject to hydrolysis) is 1. The van der Waals surface area contributed by atoms with Crippen molar-refractivity contribution in [1.82, 2.24) is 45.0 Å². The van der Waals surface area contributed by atoms with Crippen molar-refractivity contribution in [2.75, 3.05) is 29.9 Å². The van der Waals surface area contributed by atoms with Crippen molar-refractivity contribution >= 4 is 29.0 Å². The number of ether oxygens (including phenoxy) is 1. The summed E-state index contributed by atoms with van der Waals surface area (Å²) in [6, 6.07) is 20.9. The maximum atomic E-state index is 12.5. The lowest BCUT2D eigenvalue weighted by Gasteiger charge is -2.23. The fraction of sp³-hybridized carbons (Fsp3) is 0.417. The van der Waals surface area contributed by atoms with Gasteiger partial charge in [-0.25, -0.2) is 9.78 Å². The number of anilines is 2. The number of aryl methyl sites for hydroxylation is 1. The van der Waals surface area contributed by atoms with Crippen molar-refractivity contribution < 1.29 is 9.53 Å². The van der Waals surface area contributed by atoms with E-state index in [9.17, 15) is 4.79 Å². The second-order valence-electron chi connectivity index (χ2n) is 13.7. The van der Waals surface area contributed by atoms with Crippen molar-refractivity contribution in [3.63, 3.8) is 0 Å². The lowest BCUT2D eigenvalue weighted by Crippen LogP contribution is -2.40. The summed E-state index contributed by atoms with van der Waals surface area (Å²) in [6.45, 7) is 9.48. The first-order valence-corrected chi connectivity index (χ1v) is 17.0. The molecule has 7 rings (SSSR count). The van der Waals surface area contributed by atoms with Crippen molar-refractivity contribution in [2.45, 2.75) is 76.6 Å². The van der Waals surface area contributed by atoms with Crippen molar-refractivity contribution in [3.8, 4) is 0 Å². The molecule has 49 heavy (non-hydrogen) atoms. The molecule has 0 radical (unpaired) electrons. The van der Waals surface area contributed by atoms with Crippen LogP contribution in [0.15, 0.2) is 79.1 Å². The molecule has 5 aromatic rings. The molecule has 0 spiro atoms. The second kappa shape index (κ2) is 13.7. The summed E-state index contributed by atoms with van der Waals surface area (Å²) in [5.41, 5.74) is 3.30. The summed E-state index contributed by atoms with van der Waals surface area (Å²) in [5, 5.41) is 19.7. The first kappa shape index (κ1) is 32.2. The van der Waals surface area contributed by atoms with Gasteiger partial charge in [-0.05, 0) is 50.0 Å². The van der Waals surface area contributed by atoms with Gasteiger partial charge in [0, 0.05) is 32.0 Å². The van der Waals surface area contributed by atoms with Gasteiger partial charge in [-0.15, -0.1) is 10.2 Å². The Balaban J connectivity index is 1.19. The second-order valence-corrected chi connectivity index (χ2v) is 13.7. The minimum Gasteiger partial charge on any atom is -0.444 e. The quantitative estimate of drug-likeness (QED) is 0.185. The Hall–Kier alpha value is -5.33. The highest BCUT2D eigenvalue weighted by atomic mass is 16.6. The number of hydrogen-bond donors (Lipinski definition) is 2. The highest BCUT2D eigenvalue weighted by molar-refractivity contribution is 5.84. The molecule has 1 aliphatic heterocycles. The van der Waals surface area contributed by atoms with Crippen LogP contribution in [0.25, 0.3) is 11.2 Å². The number of amides is 1. The fourth-order valence-electron chi connectivity index (χ4n) is 6.52. The Labute approximate surface area is 285 Å². The average molecular weight is 662 g/mol. The van der Waals surface area contributed by atoms with E-state index in [0.717, 1.165) is 30.7 Å². The summed E-state index contributed by atoms with van der Waals surface area (Å²) < 4.78 is 7.62. The number of allylic oxidation sites excluding steroid dienone is 2. The zero-order chi connectivity index (χ0) is 34.0. The predicted molar refractivity (Wildman–Crippen MR) is 188 cm³/mol. The Morgan fingerprint density at radius 3 is 2.39 bits per heavy atom. The lowest BCUT2D eigenvalue weighted by molar-refractivity contribution is 0.0509. The van der Waals surface area contributed by atoms with E-state index in [4.69, 9.17) is 19.7 Å². The van der Waals surface area contributed by atoms with Gasteiger partial charge in [-0.3, -0.25) is 0 Å². The molecule has 13 heteroatoms. The molecule has 3 aromatic heterocycles. The average Bonchev–Trinajstić information content (AvgIpc) is 3.91. The van der Waals surface area contributed by atoms with Crippen LogP contribution in [0.2, 0.25) is 0 Å². The minimum absolute atomic E-state index is 0.00299. The molecule has 0 bridgehead atoms. The minimum atomic E-state index is -0.567. The molecule has 1 amide bonds. The largest absolute Gasteiger partial charge is 0.444 e. The Bertz CT molecular complexity index is 1880. The van der Waals surface area contributed by atoms with E-state index in [0.29, 0.717) is 36.9 Å². The van der Waals surface area contributed by atoms with Crippen LogP contribution in [0.4, 0.5) is 16.6 Å². The van der Waals surface area contributed by atoms with E-state index < -0.39 is 11.7 Å². The summed E-state index contributed by atoms with van der Waals surface area (Å²) >= 11 is 0. The van der Waals surface area contributed by atoms with Crippen molar-refractivity contribution in [3.05, 3.63) is 96.1 Å². The molecular formula is C36H43N11O2. The molecular weight excluding hydrogens is 618 g/mol. The van der Waals surface area contributed by atoms with Crippen LogP contribution in [-0.4, -0.2) is 77.1 Å². The standard InChI is InChI=1S/C36H43N11O2/c1-5-30-42-44-47(43-30)28-17-16-27(20-28)46-23-38-31-32(37-21-29(24-12-8-6-9-13-24)25-14-10-7-11-15-25)40-34(41-33(31)46)45-19-18-26(22-45)39-35(48)49-36(2,3)4/h6-17,23,26-29H,5,18-22H2,1-4H3,(H,39,48)(H,37,40,41)/t26?,27-,28+/m0/s1. The zero-order valence-corrected chi connectivity index (χ0v) is 28.4. The van der Waals surface area contributed by atoms with Gasteiger partial charge in [0.1, 0.15) is 5.60 Å². The molecule has 1 aliphatic carbocycles. The van der Waals surface area contributed by atoms with Gasteiger partial charge in [0.05, 0.1) is 24.5 Å².